The minimum Gasteiger partial charge on any atom is -0.465 e. The van der Waals surface area contributed by atoms with Gasteiger partial charge in [-0.2, -0.15) is 0 Å². The molecule has 1 saturated heterocycles. The van der Waals surface area contributed by atoms with Crippen molar-refractivity contribution in [2.24, 2.45) is 0 Å². The molecule has 1 aliphatic heterocycles. The zero-order valence-electron chi connectivity index (χ0n) is 20.5. The van der Waals surface area contributed by atoms with Crippen LogP contribution in [0.3, 0.4) is 0 Å². The zero-order valence-corrected chi connectivity index (χ0v) is 22.8. The molecule has 1 aliphatic rings. The van der Waals surface area contributed by atoms with E-state index in [1.807, 2.05) is 18.7 Å². The summed E-state index contributed by atoms with van der Waals surface area (Å²) >= 11 is 8.94. The van der Waals surface area contributed by atoms with Gasteiger partial charge in [0.1, 0.15) is 9.88 Å². The minimum absolute atomic E-state index is 0.0568. The smallest absolute Gasteiger partial charge is 0.341 e. The molecule has 1 N–H and O–H groups in total. The fourth-order valence-electron chi connectivity index (χ4n) is 4.34. The summed E-state index contributed by atoms with van der Waals surface area (Å²) in [4.78, 5) is 53.7. The highest BCUT2D eigenvalue weighted by atomic mass is 35.5. The average Bonchev–Trinajstić information content (AvgIpc) is 3.38. The molecule has 2 amide bonds. The molecule has 0 bridgehead atoms. The van der Waals surface area contributed by atoms with Crippen molar-refractivity contribution >= 4 is 72.8 Å². The topological polar surface area (TPSA) is 122 Å². The molecule has 0 atom stereocenters. The second-order valence-electron chi connectivity index (χ2n) is 8.49. The number of methoxy groups -OCH3 is 1. The van der Waals surface area contributed by atoms with Crippen molar-refractivity contribution in [2.75, 3.05) is 45.2 Å². The number of nitrogens with zero attached hydrogens (tertiary/aromatic N) is 3. The number of rotatable bonds is 7. The Hall–Kier alpha value is -3.06. The van der Waals surface area contributed by atoms with Gasteiger partial charge in [-0.3, -0.25) is 24.6 Å². The molecule has 1 aromatic carbocycles. The molecule has 0 unspecified atom stereocenters. The van der Waals surface area contributed by atoms with Crippen molar-refractivity contribution in [3.63, 3.8) is 0 Å². The largest absolute Gasteiger partial charge is 0.465 e. The summed E-state index contributed by atoms with van der Waals surface area (Å²) in [5.74, 6) is -0.956. The Kier molecular flexibility index (Phi) is 8.12. The number of nitrogens with one attached hydrogen (secondary N) is 1. The van der Waals surface area contributed by atoms with E-state index < -0.39 is 10.9 Å². The SMILES string of the molecule is CCc1c(C)sc(NC(=O)CN2CCN(C(=O)c3sc4cc([N+](=O)[O-])ccc4c3Cl)CC2)c1C(=O)OC. The van der Waals surface area contributed by atoms with Crippen molar-refractivity contribution < 1.29 is 24.0 Å². The highest BCUT2D eigenvalue weighted by molar-refractivity contribution is 7.21. The van der Waals surface area contributed by atoms with Crippen LogP contribution in [-0.4, -0.2) is 72.3 Å². The molecule has 0 spiro atoms. The fourth-order valence-corrected chi connectivity index (χ4v) is 7.00. The van der Waals surface area contributed by atoms with Gasteiger partial charge < -0.3 is 15.0 Å². The van der Waals surface area contributed by atoms with Crippen LogP contribution in [0.25, 0.3) is 10.1 Å². The number of amides is 2. The molecule has 0 aliphatic carbocycles. The van der Waals surface area contributed by atoms with E-state index in [2.05, 4.69) is 5.32 Å². The van der Waals surface area contributed by atoms with Gasteiger partial charge in [0.2, 0.25) is 5.91 Å². The van der Waals surface area contributed by atoms with Gasteiger partial charge in [-0.1, -0.05) is 18.5 Å². The monoisotopic (exact) mass is 564 g/mol. The number of nitro benzene ring substituents is 1. The first-order chi connectivity index (χ1) is 17.6. The van der Waals surface area contributed by atoms with Crippen LogP contribution in [0.5, 0.6) is 0 Å². The van der Waals surface area contributed by atoms with Crippen LogP contribution in [-0.2, 0) is 16.0 Å². The summed E-state index contributed by atoms with van der Waals surface area (Å²) in [6.45, 7) is 5.76. The van der Waals surface area contributed by atoms with Gasteiger partial charge in [0, 0.05) is 53.3 Å². The summed E-state index contributed by atoms with van der Waals surface area (Å²) in [6.07, 6.45) is 0.652. The maximum atomic E-state index is 13.1. The van der Waals surface area contributed by atoms with Crippen molar-refractivity contribution in [3.8, 4) is 0 Å². The molecule has 37 heavy (non-hydrogen) atoms. The van der Waals surface area contributed by atoms with E-state index in [0.717, 1.165) is 21.8 Å². The van der Waals surface area contributed by atoms with Gasteiger partial charge in [0.05, 0.1) is 29.2 Å². The molecule has 4 rings (SSSR count). The van der Waals surface area contributed by atoms with Crippen molar-refractivity contribution in [1.82, 2.24) is 9.80 Å². The molecule has 10 nitrogen and oxygen atoms in total. The highest BCUT2D eigenvalue weighted by Crippen LogP contribution is 2.38. The standard InChI is InChI=1S/C24H25ClN4O6S2/c1-4-15-13(2)36-22(19(15)24(32)35-3)26-18(30)12-27-7-9-28(10-8-27)23(31)21-20(25)16-6-5-14(29(33)34)11-17(16)37-21/h5-6,11H,4,7-10,12H2,1-3H3,(H,26,30). The van der Waals surface area contributed by atoms with Gasteiger partial charge in [0.25, 0.3) is 11.6 Å². The van der Waals surface area contributed by atoms with Crippen molar-refractivity contribution in [3.05, 3.63) is 54.2 Å². The Bertz CT molecular complexity index is 1390. The van der Waals surface area contributed by atoms with Crippen LogP contribution in [0.2, 0.25) is 5.02 Å². The third-order valence-corrected chi connectivity index (χ3v) is 8.96. The van der Waals surface area contributed by atoms with Crippen LogP contribution in [0, 0.1) is 17.0 Å². The van der Waals surface area contributed by atoms with Crippen molar-refractivity contribution in [2.45, 2.75) is 20.3 Å². The molecule has 3 aromatic rings. The van der Waals surface area contributed by atoms with E-state index in [4.69, 9.17) is 16.3 Å². The number of nitro groups is 1. The number of hydrogen-bond donors (Lipinski definition) is 1. The van der Waals surface area contributed by atoms with Crippen LogP contribution >= 0.6 is 34.3 Å². The number of thiophene rings is 2. The van der Waals surface area contributed by atoms with Gasteiger partial charge in [-0.15, -0.1) is 22.7 Å². The zero-order chi connectivity index (χ0) is 26.9. The highest BCUT2D eigenvalue weighted by Gasteiger charge is 2.28. The Labute approximate surface area is 225 Å². The molecular formula is C24H25ClN4O6S2. The van der Waals surface area contributed by atoms with E-state index in [-0.39, 0.29) is 24.0 Å². The van der Waals surface area contributed by atoms with Gasteiger partial charge in [-0.25, -0.2) is 4.79 Å². The molecule has 0 radical (unpaired) electrons. The van der Waals surface area contributed by atoms with E-state index in [1.54, 1.807) is 11.0 Å². The number of halogens is 1. The number of fused-ring (bicyclic) bond motifs is 1. The van der Waals surface area contributed by atoms with E-state index in [1.165, 1.54) is 30.6 Å². The lowest BCUT2D eigenvalue weighted by molar-refractivity contribution is -0.384. The number of carbonyl (C=O) groups excluding carboxylic acids is 3. The molecule has 0 saturated carbocycles. The lowest BCUT2D eigenvalue weighted by Gasteiger charge is -2.34. The summed E-state index contributed by atoms with van der Waals surface area (Å²) in [5.41, 5.74) is 1.22. The summed E-state index contributed by atoms with van der Waals surface area (Å²) < 4.78 is 5.49. The van der Waals surface area contributed by atoms with Crippen LogP contribution < -0.4 is 5.32 Å². The predicted molar refractivity (Wildman–Crippen MR) is 144 cm³/mol. The lowest BCUT2D eigenvalue weighted by Crippen LogP contribution is -2.50. The first-order valence-corrected chi connectivity index (χ1v) is 13.5. The molecule has 2 aromatic heterocycles. The first kappa shape index (κ1) is 27.0. The number of carbonyl (C=O) groups is 3. The Morgan fingerprint density at radius 3 is 2.51 bits per heavy atom. The Morgan fingerprint density at radius 2 is 1.89 bits per heavy atom. The number of esters is 1. The summed E-state index contributed by atoms with van der Waals surface area (Å²) in [6, 6.07) is 4.35. The minimum atomic E-state index is -0.484. The van der Waals surface area contributed by atoms with E-state index in [9.17, 15) is 24.5 Å². The Morgan fingerprint density at radius 1 is 1.19 bits per heavy atom. The molecule has 13 heteroatoms. The number of piperazine rings is 1. The number of anilines is 1. The van der Waals surface area contributed by atoms with Crippen LogP contribution in [0.15, 0.2) is 18.2 Å². The third-order valence-electron chi connectivity index (χ3n) is 6.25. The molecule has 3 heterocycles. The number of hydrogen-bond acceptors (Lipinski definition) is 9. The van der Waals surface area contributed by atoms with Gasteiger partial charge in [-0.05, 0) is 25.0 Å². The van der Waals surface area contributed by atoms with Gasteiger partial charge >= 0.3 is 5.97 Å². The van der Waals surface area contributed by atoms with Gasteiger partial charge in [0.15, 0.2) is 0 Å². The predicted octanol–water partition coefficient (Wildman–Crippen LogP) is 4.58. The quantitative estimate of drug-likeness (QED) is 0.253. The second-order valence-corrected chi connectivity index (χ2v) is 11.1. The number of benzene rings is 1. The Balaban J connectivity index is 1.38. The summed E-state index contributed by atoms with van der Waals surface area (Å²) in [7, 11) is 1.32. The average molecular weight is 565 g/mol. The van der Waals surface area contributed by atoms with E-state index >= 15 is 0 Å². The normalized spacial score (nSPS) is 14.1. The van der Waals surface area contributed by atoms with E-state index in [0.29, 0.717) is 63.2 Å². The van der Waals surface area contributed by atoms with Crippen molar-refractivity contribution in [1.29, 1.82) is 0 Å². The second kappa shape index (κ2) is 11.1. The lowest BCUT2D eigenvalue weighted by atomic mass is 10.1. The fraction of sp³-hybridized carbons (Fsp3) is 0.375. The number of non-ortho nitro benzene ring substituents is 1. The molecule has 196 valence electrons. The van der Waals surface area contributed by atoms with Crippen LogP contribution in [0.4, 0.5) is 10.7 Å². The maximum absolute atomic E-state index is 13.1. The number of aryl methyl sites for hydroxylation is 1. The first-order valence-electron chi connectivity index (χ1n) is 11.5. The molecule has 1 fully saturated rings. The third kappa shape index (κ3) is 5.47. The van der Waals surface area contributed by atoms with Crippen LogP contribution in [0.1, 0.15) is 37.4 Å². The maximum Gasteiger partial charge on any atom is 0.341 e. The summed E-state index contributed by atoms with van der Waals surface area (Å²) in [5, 5.41) is 15.3. The number of ether oxygens (including phenoxy) is 1. The molecular weight excluding hydrogens is 540 g/mol.